The second-order valence-corrected chi connectivity index (χ2v) is 12.1. The number of benzene rings is 6. The summed E-state index contributed by atoms with van der Waals surface area (Å²) in [5, 5.41) is 10.0. The molecule has 0 spiro atoms. The Balaban J connectivity index is 1.14. The molecule has 0 fully saturated rings. The maximum Gasteiger partial charge on any atom is 0.173 e. The van der Waals surface area contributed by atoms with E-state index < -0.39 is 6.17 Å². The van der Waals surface area contributed by atoms with Gasteiger partial charge in [-0.3, -0.25) is 4.98 Å². The van der Waals surface area contributed by atoms with E-state index in [0.29, 0.717) is 11.4 Å². The number of nitrogens with zero attached hydrogens (tertiary/aromatic N) is 3. The van der Waals surface area contributed by atoms with Crippen molar-refractivity contribution >= 4 is 66.3 Å². The minimum atomic E-state index is -0.548. The molecule has 0 saturated heterocycles. The Kier molecular flexibility index (Phi) is 5.84. The van der Waals surface area contributed by atoms with Crippen LogP contribution >= 0.6 is 0 Å². The van der Waals surface area contributed by atoms with E-state index in [9.17, 15) is 0 Å². The Morgan fingerprint density at radius 1 is 0.500 bits per heavy atom. The molecule has 1 N–H and O–H groups in total. The molecule has 1 aliphatic heterocycles. The second-order valence-electron chi connectivity index (χ2n) is 12.1. The smallest absolute Gasteiger partial charge is 0.173 e. The summed E-state index contributed by atoms with van der Waals surface area (Å²) in [6.45, 7) is 0. The summed E-state index contributed by atoms with van der Waals surface area (Å²) in [4.78, 5) is 15.0. The van der Waals surface area contributed by atoms with E-state index >= 15 is 0 Å². The predicted molar refractivity (Wildman–Crippen MR) is 194 cm³/mol. The van der Waals surface area contributed by atoms with Gasteiger partial charge in [-0.05, 0) is 46.2 Å². The third kappa shape index (κ3) is 4.23. The SMILES string of the molecule is c1ccc(C2=NC(c3cccc4c3oc3ccccc34)N=C(c3cncc4oc5cc(-c6ccc7ccccc7c6)ccc5c34)N2)cc1. The van der Waals surface area contributed by atoms with Crippen LogP contribution in [0.3, 0.4) is 0 Å². The van der Waals surface area contributed by atoms with E-state index in [1.165, 1.54) is 10.8 Å². The number of hydrogen-bond donors (Lipinski definition) is 1. The number of nitrogens with one attached hydrogen (secondary N) is 1. The molecule has 9 aromatic rings. The van der Waals surface area contributed by atoms with Crippen molar-refractivity contribution < 1.29 is 8.83 Å². The first-order chi connectivity index (χ1) is 23.8. The molecule has 1 atom stereocenters. The van der Waals surface area contributed by atoms with Gasteiger partial charge < -0.3 is 14.2 Å². The topological polar surface area (TPSA) is 75.9 Å². The maximum atomic E-state index is 6.46. The molecule has 0 radical (unpaired) electrons. The van der Waals surface area contributed by atoms with Crippen molar-refractivity contribution in [2.75, 3.05) is 0 Å². The van der Waals surface area contributed by atoms with Crippen molar-refractivity contribution in [3.63, 3.8) is 0 Å². The molecule has 6 aromatic carbocycles. The van der Waals surface area contributed by atoms with Crippen LogP contribution in [0.2, 0.25) is 0 Å². The molecule has 4 heterocycles. The lowest BCUT2D eigenvalue weighted by molar-refractivity contribution is 0.649. The number of para-hydroxylation sites is 2. The highest BCUT2D eigenvalue weighted by Gasteiger charge is 2.26. The molecule has 1 aliphatic rings. The minimum absolute atomic E-state index is 0.548. The van der Waals surface area contributed by atoms with Crippen LogP contribution in [0.15, 0.2) is 165 Å². The van der Waals surface area contributed by atoms with Crippen LogP contribution in [0.1, 0.15) is 22.9 Å². The Morgan fingerprint density at radius 2 is 1.27 bits per heavy atom. The Bertz CT molecular complexity index is 2770. The lowest BCUT2D eigenvalue weighted by atomic mass is 9.99. The molecule has 6 nitrogen and oxygen atoms in total. The number of furan rings is 2. The van der Waals surface area contributed by atoms with Gasteiger partial charge in [0.2, 0.25) is 0 Å². The zero-order chi connectivity index (χ0) is 31.6. The first-order valence-electron chi connectivity index (χ1n) is 15.9. The molecule has 0 bridgehead atoms. The fourth-order valence-corrected chi connectivity index (χ4v) is 6.90. The average molecular weight is 619 g/mol. The normalized spacial score (nSPS) is 14.9. The van der Waals surface area contributed by atoms with Gasteiger partial charge in [0.05, 0.1) is 6.20 Å². The lowest BCUT2D eigenvalue weighted by Crippen LogP contribution is -2.36. The summed E-state index contributed by atoms with van der Waals surface area (Å²) in [6, 6.07) is 45.8. The Hall–Kier alpha value is -6.53. The van der Waals surface area contributed by atoms with Crippen molar-refractivity contribution in [1.29, 1.82) is 0 Å². The van der Waals surface area contributed by atoms with Gasteiger partial charge in [0.15, 0.2) is 11.7 Å². The van der Waals surface area contributed by atoms with Crippen LogP contribution < -0.4 is 5.32 Å². The number of fused-ring (bicyclic) bond motifs is 7. The van der Waals surface area contributed by atoms with Crippen molar-refractivity contribution in [2.45, 2.75) is 6.17 Å². The largest absolute Gasteiger partial charge is 0.456 e. The highest BCUT2D eigenvalue weighted by molar-refractivity contribution is 6.23. The van der Waals surface area contributed by atoms with Gasteiger partial charge in [0.1, 0.15) is 28.4 Å². The van der Waals surface area contributed by atoms with Crippen LogP contribution in [-0.4, -0.2) is 16.7 Å². The van der Waals surface area contributed by atoms with Crippen molar-refractivity contribution in [2.24, 2.45) is 9.98 Å². The van der Waals surface area contributed by atoms with E-state index in [1.54, 1.807) is 6.20 Å². The highest BCUT2D eigenvalue weighted by Crippen LogP contribution is 2.38. The maximum absolute atomic E-state index is 6.46. The predicted octanol–water partition coefficient (Wildman–Crippen LogP) is 10.2. The number of rotatable bonds is 4. The van der Waals surface area contributed by atoms with Crippen molar-refractivity contribution in [3.05, 3.63) is 163 Å². The molecule has 3 aromatic heterocycles. The molecular formula is C42H26N4O2. The lowest BCUT2D eigenvalue weighted by Gasteiger charge is -2.22. The van der Waals surface area contributed by atoms with E-state index in [4.69, 9.17) is 18.8 Å². The van der Waals surface area contributed by atoms with Crippen molar-refractivity contribution in [3.8, 4) is 11.1 Å². The van der Waals surface area contributed by atoms with Gasteiger partial charge in [-0.2, -0.15) is 0 Å². The average Bonchev–Trinajstić information content (AvgIpc) is 3.73. The minimum Gasteiger partial charge on any atom is -0.456 e. The number of aromatic nitrogens is 1. The summed E-state index contributed by atoms with van der Waals surface area (Å²) < 4.78 is 12.9. The fourth-order valence-electron chi connectivity index (χ4n) is 6.90. The van der Waals surface area contributed by atoms with E-state index in [1.807, 2.05) is 66.9 Å². The third-order valence-corrected chi connectivity index (χ3v) is 9.22. The fraction of sp³-hybridized carbons (Fsp3) is 0.0238. The summed E-state index contributed by atoms with van der Waals surface area (Å²) in [7, 11) is 0. The molecule has 226 valence electrons. The highest BCUT2D eigenvalue weighted by atomic mass is 16.3. The number of aliphatic imine (C=N–C) groups is 2. The van der Waals surface area contributed by atoms with Crippen LogP contribution in [0.4, 0.5) is 0 Å². The molecule has 6 heteroatoms. The molecule has 0 amide bonds. The van der Waals surface area contributed by atoms with Gasteiger partial charge in [-0.15, -0.1) is 0 Å². The number of hydrogen-bond acceptors (Lipinski definition) is 6. The monoisotopic (exact) mass is 618 g/mol. The van der Waals surface area contributed by atoms with Crippen LogP contribution in [0.25, 0.3) is 65.8 Å². The van der Waals surface area contributed by atoms with Crippen LogP contribution in [0.5, 0.6) is 0 Å². The molecular weight excluding hydrogens is 592 g/mol. The van der Waals surface area contributed by atoms with Crippen LogP contribution in [-0.2, 0) is 0 Å². The summed E-state index contributed by atoms with van der Waals surface area (Å²) in [5.41, 5.74) is 8.05. The van der Waals surface area contributed by atoms with Gasteiger partial charge in [0.25, 0.3) is 0 Å². The zero-order valence-corrected chi connectivity index (χ0v) is 25.6. The number of amidine groups is 2. The molecule has 0 aliphatic carbocycles. The third-order valence-electron chi connectivity index (χ3n) is 9.22. The van der Waals surface area contributed by atoms with Gasteiger partial charge in [-0.25, -0.2) is 9.98 Å². The summed E-state index contributed by atoms with van der Waals surface area (Å²) in [5.74, 6) is 1.39. The number of pyridine rings is 1. The summed E-state index contributed by atoms with van der Waals surface area (Å²) >= 11 is 0. The van der Waals surface area contributed by atoms with E-state index in [-0.39, 0.29) is 0 Å². The van der Waals surface area contributed by atoms with E-state index in [0.717, 1.165) is 71.9 Å². The Morgan fingerprint density at radius 3 is 2.21 bits per heavy atom. The molecule has 10 rings (SSSR count). The molecule has 0 saturated carbocycles. The first kappa shape index (κ1) is 26.7. The van der Waals surface area contributed by atoms with Gasteiger partial charge in [0, 0.05) is 44.4 Å². The zero-order valence-electron chi connectivity index (χ0n) is 25.6. The Labute approximate surface area is 274 Å². The molecule has 1 unspecified atom stereocenters. The molecule has 48 heavy (non-hydrogen) atoms. The first-order valence-corrected chi connectivity index (χ1v) is 15.9. The standard InChI is InChI=1S/C42H26N4O2/c1-2-10-26(11-3-1)40-44-41(33-15-8-14-31-30-13-6-7-16-35(30)48-39(31)33)46-42(45-40)34-23-43-24-37-38(34)32-20-19-29(22-36(32)47-37)28-18-17-25-9-4-5-12-27(25)21-28/h1-24,41H,(H,44,45,46). The van der Waals surface area contributed by atoms with E-state index in [2.05, 4.69) is 83.1 Å². The quantitative estimate of drug-likeness (QED) is 0.213. The summed E-state index contributed by atoms with van der Waals surface area (Å²) in [6.07, 6.45) is 3.08. The second kappa shape index (κ2) is 10.5. The van der Waals surface area contributed by atoms with Gasteiger partial charge >= 0.3 is 0 Å². The van der Waals surface area contributed by atoms with Gasteiger partial charge in [-0.1, -0.05) is 109 Å². The van der Waals surface area contributed by atoms with Crippen LogP contribution in [0, 0.1) is 0 Å². The van der Waals surface area contributed by atoms with Crippen molar-refractivity contribution in [1.82, 2.24) is 10.3 Å².